The van der Waals surface area contributed by atoms with Gasteiger partial charge in [-0.25, -0.2) is 9.18 Å². The summed E-state index contributed by atoms with van der Waals surface area (Å²) < 4.78 is 22.6. The van der Waals surface area contributed by atoms with Crippen LogP contribution >= 0.6 is 11.6 Å². The van der Waals surface area contributed by atoms with E-state index in [1.54, 1.807) is 22.8 Å². The van der Waals surface area contributed by atoms with Crippen LogP contribution in [0.4, 0.5) is 16.1 Å². The van der Waals surface area contributed by atoms with Gasteiger partial charge in [-0.2, -0.15) is 0 Å². The number of hydrogen-bond acceptors (Lipinski definition) is 7. The highest BCUT2D eigenvalue weighted by Gasteiger charge is 2.25. The molecule has 5 rings (SSSR count). The number of pyridine rings is 1. The van der Waals surface area contributed by atoms with Gasteiger partial charge in [-0.1, -0.05) is 28.8 Å². The lowest BCUT2D eigenvalue weighted by Gasteiger charge is -2.35. The largest absolute Gasteiger partial charge is 0.477 e. The first-order valence-electron chi connectivity index (χ1n) is 11.1. The van der Waals surface area contributed by atoms with Crippen molar-refractivity contribution in [2.45, 2.75) is 13.5 Å². The maximum absolute atomic E-state index is 15.1. The average molecular weight is 498 g/mol. The third-order valence-electron chi connectivity index (χ3n) is 6.13. The predicted molar refractivity (Wildman–Crippen MR) is 130 cm³/mol. The zero-order chi connectivity index (χ0) is 24.7. The van der Waals surface area contributed by atoms with Gasteiger partial charge in [0.25, 0.3) is 5.89 Å². The minimum Gasteiger partial charge on any atom is -0.477 e. The van der Waals surface area contributed by atoms with Crippen LogP contribution < -0.4 is 15.2 Å². The number of piperazine rings is 1. The molecule has 0 aliphatic carbocycles. The smallest absolute Gasteiger partial charge is 0.341 e. The molecule has 1 fully saturated rings. The highest BCUT2D eigenvalue weighted by Crippen LogP contribution is 2.30. The quantitative estimate of drug-likeness (QED) is 0.443. The number of aromatic carboxylic acids is 1. The van der Waals surface area contributed by atoms with Gasteiger partial charge in [0.1, 0.15) is 11.4 Å². The zero-order valence-corrected chi connectivity index (χ0v) is 19.5. The van der Waals surface area contributed by atoms with Crippen molar-refractivity contribution in [3.8, 4) is 11.5 Å². The highest BCUT2D eigenvalue weighted by atomic mass is 35.5. The summed E-state index contributed by atoms with van der Waals surface area (Å²) in [4.78, 5) is 27.8. The third-order valence-corrected chi connectivity index (χ3v) is 6.46. The second-order valence-electron chi connectivity index (χ2n) is 8.13. The number of halogens is 2. The van der Waals surface area contributed by atoms with E-state index in [-0.39, 0.29) is 10.9 Å². The van der Waals surface area contributed by atoms with Crippen molar-refractivity contribution in [3.05, 3.63) is 69.2 Å². The van der Waals surface area contributed by atoms with Crippen molar-refractivity contribution in [1.82, 2.24) is 14.8 Å². The number of benzene rings is 2. The molecule has 35 heavy (non-hydrogen) atoms. The van der Waals surface area contributed by atoms with Gasteiger partial charge in [-0.15, -0.1) is 5.10 Å². The molecule has 0 spiro atoms. The average Bonchev–Trinajstić information content (AvgIpc) is 3.34. The van der Waals surface area contributed by atoms with Crippen LogP contribution in [0.5, 0.6) is 0 Å². The summed E-state index contributed by atoms with van der Waals surface area (Å²) in [5, 5.41) is 18.1. The van der Waals surface area contributed by atoms with Crippen LogP contribution in [0.3, 0.4) is 0 Å². The lowest BCUT2D eigenvalue weighted by Crippen LogP contribution is -2.47. The van der Waals surface area contributed by atoms with E-state index in [0.29, 0.717) is 66.4 Å². The molecule has 0 bridgehead atoms. The van der Waals surface area contributed by atoms with E-state index in [4.69, 9.17) is 16.0 Å². The molecule has 1 N–H and O–H groups in total. The predicted octanol–water partition coefficient (Wildman–Crippen LogP) is 3.89. The Kier molecular flexibility index (Phi) is 5.89. The van der Waals surface area contributed by atoms with Crippen molar-refractivity contribution in [2.24, 2.45) is 0 Å². The molecule has 1 aliphatic heterocycles. The summed E-state index contributed by atoms with van der Waals surface area (Å²) in [6, 6.07) is 10.3. The summed E-state index contributed by atoms with van der Waals surface area (Å²) in [7, 11) is 0. The number of anilines is 2. The fourth-order valence-electron chi connectivity index (χ4n) is 4.28. The Hall–Kier alpha value is -3.92. The fourth-order valence-corrected chi connectivity index (χ4v) is 4.50. The Morgan fingerprint density at radius 2 is 1.86 bits per heavy atom. The third kappa shape index (κ3) is 4.10. The molecular weight excluding hydrogens is 477 g/mol. The van der Waals surface area contributed by atoms with E-state index in [1.807, 2.05) is 28.9 Å². The molecule has 0 amide bonds. The Morgan fingerprint density at radius 1 is 1.14 bits per heavy atom. The van der Waals surface area contributed by atoms with Gasteiger partial charge >= 0.3 is 12.0 Å². The van der Waals surface area contributed by atoms with Crippen LogP contribution in [0, 0.1) is 5.82 Å². The van der Waals surface area contributed by atoms with Gasteiger partial charge in [0.05, 0.1) is 21.8 Å². The van der Waals surface area contributed by atoms with E-state index in [2.05, 4.69) is 10.2 Å². The van der Waals surface area contributed by atoms with Gasteiger partial charge in [0, 0.05) is 44.3 Å². The van der Waals surface area contributed by atoms with E-state index in [0.717, 1.165) is 6.07 Å². The first kappa shape index (κ1) is 22.9. The first-order valence-corrected chi connectivity index (χ1v) is 11.4. The van der Waals surface area contributed by atoms with Gasteiger partial charge in [-0.05, 0) is 31.2 Å². The molecule has 2 aromatic carbocycles. The highest BCUT2D eigenvalue weighted by molar-refractivity contribution is 6.33. The number of carboxylic acid groups (broad SMARTS) is 1. The van der Waals surface area contributed by atoms with Crippen molar-refractivity contribution >= 4 is 40.2 Å². The van der Waals surface area contributed by atoms with E-state index >= 15 is 4.39 Å². The summed E-state index contributed by atoms with van der Waals surface area (Å²) >= 11 is 6.22. The standard InChI is InChI=1S/C24H21ClFN5O4/c1-2-29-13-16(23(33)34)21(32)15-11-18(26)20(12-19(15)29)30-7-9-31(10-8-30)24-28-27-22(35-24)14-5-3-4-6-17(14)25/h3-6,11-13H,2,7-10H2,1H3,(H,33,34). The Bertz CT molecular complexity index is 1490. The number of rotatable bonds is 5. The monoisotopic (exact) mass is 497 g/mol. The number of hydrogen-bond donors (Lipinski definition) is 1. The molecule has 9 nitrogen and oxygen atoms in total. The zero-order valence-electron chi connectivity index (χ0n) is 18.7. The summed E-state index contributed by atoms with van der Waals surface area (Å²) in [5.41, 5.74) is 0.415. The van der Waals surface area contributed by atoms with Gasteiger partial charge in [0.2, 0.25) is 5.43 Å². The normalized spacial score (nSPS) is 14.0. The second-order valence-corrected chi connectivity index (χ2v) is 8.53. The van der Waals surface area contributed by atoms with Gasteiger partial charge in [-0.3, -0.25) is 4.79 Å². The minimum absolute atomic E-state index is 0.0459. The molecule has 180 valence electrons. The second kappa shape index (κ2) is 9.03. The van der Waals surface area contributed by atoms with Crippen LogP contribution in [0.1, 0.15) is 17.3 Å². The maximum atomic E-state index is 15.1. The number of nitrogens with zero attached hydrogens (tertiary/aromatic N) is 5. The minimum atomic E-state index is -1.33. The summed E-state index contributed by atoms with van der Waals surface area (Å²) in [6.45, 7) is 4.26. The van der Waals surface area contributed by atoms with Crippen LogP contribution in [-0.2, 0) is 6.54 Å². The van der Waals surface area contributed by atoms with Crippen LogP contribution in [0.2, 0.25) is 5.02 Å². The molecule has 3 heterocycles. The number of carboxylic acids is 1. The molecule has 0 unspecified atom stereocenters. The lowest BCUT2D eigenvalue weighted by atomic mass is 10.1. The topological polar surface area (TPSA) is 105 Å². The van der Waals surface area contributed by atoms with Crippen molar-refractivity contribution in [1.29, 1.82) is 0 Å². The molecule has 1 saturated heterocycles. The molecule has 0 saturated carbocycles. The van der Waals surface area contributed by atoms with Crippen LogP contribution in [0.25, 0.3) is 22.4 Å². The van der Waals surface area contributed by atoms with E-state index in [9.17, 15) is 14.7 Å². The summed E-state index contributed by atoms with van der Waals surface area (Å²) in [6.07, 6.45) is 1.30. The first-order chi connectivity index (χ1) is 16.9. The number of carbonyl (C=O) groups is 1. The Balaban J connectivity index is 1.39. The van der Waals surface area contributed by atoms with Crippen LogP contribution in [0.15, 0.2) is 51.8 Å². The lowest BCUT2D eigenvalue weighted by molar-refractivity contribution is 0.0695. The van der Waals surface area contributed by atoms with Crippen LogP contribution in [-0.4, -0.2) is 52.0 Å². The number of aromatic nitrogens is 3. The molecule has 2 aromatic heterocycles. The van der Waals surface area contributed by atoms with Crippen molar-refractivity contribution < 1.29 is 18.7 Å². The van der Waals surface area contributed by atoms with Crippen molar-refractivity contribution in [3.63, 3.8) is 0 Å². The Labute approximate surface area is 204 Å². The number of fused-ring (bicyclic) bond motifs is 1. The van der Waals surface area contributed by atoms with E-state index < -0.39 is 17.2 Å². The molecular formula is C24H21ClFN5O4. The Morgan fingerprint density at radius 3 is 2.54 bits per heavy atom. The molecule has 1 aliphatic rings. The number of aryl methyl sites for hydroxylation is 1. The molecule has 4 aromatic rings. The maximum Gasteiger partial charge on any atom is 0.341 e. The van der Waals surface area contributed by atoms with E-state index in [1.165, 1.54) is 6.20 Å². The van der Waals surface area contributed by atoms with Gasteiger partial charge < -0.3 is 23.9 Å². The molecule has 11 heteroatoms. The van der Waals surface area contributed by atoms with Crippen molar-refractivity contribution in [2.75, 3.05) is 36.0 Å². The summed E-state index contributed by atoms with van der Waals surface area (Å²) in [5.74, 6) is -1.59. The molecule has 0 atom stereocenters. The fraction of sp³-hybridized carbons (Fsp3) is 0.250. The van der Waals surface area contributed by atoms with Gasteiger partial charge in [0.15, 0.2) is 0 Å². The SMILES string of the molecule is CCn1cc(C(=O)O)c(=O)c2cc(F)c(N3CCN(c4nnc(-c5ccccc5Cl)o4)CC3)cc21. The molecule has 0 radical (unpaired) electrons.